The fourth-order valence-electron chi connectivity index (χ4n) is 2.72. The molecule has 5 heteroatoms. The summed E-state index contributed by atoms with van der Waals surface area (Å²) in [5, 5.41) is 0. The van der Waals surface area contributed by atoms with Crippen molar-refractivity contribution in [3.8, 4) is 0 Å². The first-order chi connectivity index (χ1) is 9.52. The molecule has 2 rings (SSSR count). The van der Waals surface area contributed by atoms with Crippen molar-refractivity contribution in [3.63, 3.8) is 0 Å². The topological polar surface area (TPSA) is 32.5 Å². The van der Waals surface area contributed by atoms with Gasteiger partial charge in [0.15, 0.2) is 0 Å². The lowest BCUT2D eigenvalue weighted by molar-refractivity contribution is 0.0741. The van der Waals surface area contributed by atoms with Gasteiger partial charge in [0.1, 0.15) is 0 Å². The van der Waals surface area contributed by atoms with Gasteiger partial charge in [-0.3, -0.25) is 4.90 Å². The van der Waals surface area contributed by atoms with Crippen molar-refractivity contribution in [1.29, 1.82) is 0 Å². The van der Waals surface area contributed by atoms with Crippen LogP contribution in [0, 0.1) is 0 Å². The third kappa shape index (κ3) is 3.34. The Labute approximate surface area is 119 Å². The number of rotatable bonds is 4. The second kappa shape index (κ2) is 6.61. The van der Waals surface area contributed by atoms with Crippen molar-refractivity contribution in [2.75, 3.05) is 33.2 Å². The quantitative estimate of drug-likeness (QED) is 0.920. The normalized spacial score (nSPS) is 23.2. The summed E-state index contributed by atoms with van der Waals surface area (Å²) in [6, 6.07) is 7.16. The average Bonchev–Trinajstić information content (AvgIpc) is 2.44. The Balaban J connectivity index is 2.11. The fraction of sp³-hybridized carbons (Fsp3) is 0.600. The van der Waals surface area contributed by atoms with E-state index in [4.69, 9.17) is 5.73 Å². The Bertz CT molecular complexity index is 422. The van der Waals surface area contributed by atoms with Crippen LogP contribution in [0.25, 0.3) is 0 Å². The summed E-state index contributed by atoms with van der Waals surface area (Å²) in [6.07, 6.45) is -2.41. The van der Waals surface area contributed by atoms with E-state index in [0.717, 1.165) is 25.2 Å². The molecule has 2 N–H and O–H groups in total. The summed E-state index contributed by atoms with van der Waals surface area (Å²) < 4.78 is 25.2. The lowest BCUT2D eigenvalue weighted by Crippen LogP contribution is -2.52. The minimum atomic E-state index is -2.41. The number of alkyl halides is 2. The number of benzene rings is 1. The van der Waals surface area contributed by atoms with E-state index in [-0.39, 0.29) is 11.6 Å². The van der Waals surface area contributed by atoms with E-state index in [1.807, 2.05) is 0 Å². The van der Waals surface area contributed by atoms with Crippen LogP contribution in [0.2, 0.25) is 0 Å². The lowest BCUT2D eigenvalue weighted by atomic mass is 10.0. The summed E-state index contributed by atoms with van der Waals surface area (Å²) in [5.74, 6) is 0. The molecule has 20 heavy (non-hydrogen) atoms. The molecule has 0 amide bonds. The molecule has 0 spiro atoms. The van der Waals surface area contributed by atoms with E-state index in [9.17, 15) is 8.78 Å². The SMILES string of the molecule is CC1CN(C(CN)c2ccc(C(F)F)cc2)CCN1C. The molecule has 2 atom stereocenters. The maximum atomic E-state index is 12.6. The van der Waals surface area contributed by atoms with Gasteiger partial charge in [-0.25, -0.2) is 8.78 Å². The van der Waals surface area contributed by atoms with Gasteiger partial charge in [0.25, 0.3) is 6.43 Å². The van der Waals surface area contributed by atoms with Gasteiger partial charge in [0, 0.05) is 43.8 Å². The molecule has 1 saturated heterocycles. The van der Waals surface area contributed by atoms with Crippen LogP contribution in [0.15, 0.2) is 24.3 Å². The number of piperazine rings is 1. The maximum Gasteiger partial charge on any atom is 0.263 e. The van der Waals surface area contributed by atoms with Crippen molar-refractivity contribution in [2.45, 2.75) is 25.4 Å². The van der Waals surface area contributed by atoms with Crippen LogP contribution in [0.1, 0.15) is 30.5 Å². The van der Waals surface area contributed by atoms with E-state index in [0.29, 0.717) is 12.6 Å². The molecule has 2 unspecified atom stereocenters. The highest BCUT2D eigenvalue weighted by Gasteiger charge is 2.26. The van der Waals surface area contributed by atoms with E-state index < -0.39 is 6.43 Å². The largest absolute Gasteiger partial charge is 0.329 e. The molecule has 1 heterocycles. The summed E-state index contributed by atoms with van der Waals surface area (Å²) in [6.45, 7) is 5.62. The fourth-order valence-corrected chi connectivity index (χ4v) is 2.72. The molecule has 112 valence electrons. The second-order valence-electron chi connectivity index (χ2n) is 5.54. The first-order valence-electron chi connectivity index (χ1n) is 7.05. The summed E-state index contributed by atoms with van der Waals surface area (Å²) >= 11 is 0. The first-order valence-corrected chi connectivity index (χ1v) is 7.05. The molecule has 0 aliphatic carbocycles. The predicted molar refractivity (Wildman–Crippen MR) is 76.9 cm³/mol. The van der Waals surface area contributed by atoms with Gasteiger partial charge in [-0.15, -0.1) is 0 Å². The molecule has 1 aliphatic rings. The minimum absolute atomic E-state index is 0.0660. The molecular formula is C15H23F2N3. The smallest absolute Gasteiger partial charge is 0.263 e. The zero-order chi connectivity index (χ0) is 14.7. The number of likely N-dealkylation sites (N-methyl/N-ethyl adjacent to an activating group) is 1. The highest BCUT2D eigenvalue weighted by molar-refractivity contribution is 5.26. The van der Waals surface area contributed by atoms with Crippen LogP contribution in [0.3, 0.4) is 0 Å². The van der Waals surface area contributed by atoms with Crippen molar-refractivity contribution in [2.24, 2.45) is 5.73 Å². The van der Waals surface area contributed by atoms with E-state index in [2.05, 4.69) is 23.8 Å². The number of hydrogen-bond acceptors (Lipinski definition) is 3. The minimum Gasteiger partial charge on any atom is -0.329 e. The molecule has 0 saturated carbocycles. The predicted octanol–water partition coefficient (Wildman–Crippen LogP) is 2.26. The standard InChI is InChI=1S/C15H23F2N3/c1-11-10-20(8-7-19(11)2)14(9-18)12-3-5-13(6-4-12)15(16)17/h3-6,11,14-15H,7-10,18H2,1-2H3. The van der Waals surface area contributed by atoms with Gasteiger partial charge in [-0.05, 0) is 19.5 Å². The van der Waals surface area contributed by atoms with Crippen LogP contribution in [0.5, 0.6) is 0 Å². The Morgan fingerprint density at radius 3 is 2.30 bits per heavy atom. The number of nitrogens with two attached hydrogens (primary N) is 1. The van der Waals surface area contributed by atoms with Crippen molar-refractivity contribution >= 4 is 0 Å². The second-order valence-corrected chi connectivity index (χ2v) is 5.54. The highest BCUT2D eigenvalue weighted by Crippen LogP contribution is 2.25. The van der Waals surface area contributed by atoms with E-state index >= 15 is 0 Å². The molecule has 1 aromatic rings. The molecule has 1 aliphatic heterocycles. The molecule has 1 aromatic carbocycles. The third-order valence-electron chi connectivity index (χ3n) is 4.23. The van der Waals surface area contributed by atoms with E-state index in [1.54, 1.807) is 12.1 Å². The van der Waals surface area contributed by atoms with Gasteiger partial charge >= 0.3 is 0 Å². The molecule has 1 fully saturated rings. The van der Waals surface area contributed by atoms with Crippen LogP contribution in [-0.2, 0) is 0 Å². The average molecular weight is 283 g/mol. The first kappa shape index (κ1) is 15.4. The lowest BCUT2D eigenvalue weighted by Gasteiger charge is -2.41. The summed E-state index contributed by atoms with van der Waals surface area (Å²) in [7, 11) is 2.12. The van der Waals surface area contributed by atoms with Crippen LogP contribution in [0.4, 0.5) is 8.78 Å². The number of nitrogens with zero attached hydrogens (tertiary/aromatic N) is 2. The monoisotopic (exact) mass is 283 g/mol. The van der Waals surface area contributed by atoms with Crippen molar-refractivity contribution < 1.29 is 8.78 Å². The molecular weight excluding hydrogens is 260 g/mol. The molecule has 0 radical (unpaired) electrons. The van der Waals surface area contributed by atoms with Gasteiger partial charge in [-0.2, -0.15) is 0 Å². The Morgan fingerprint density at radius 2 is 1.80 bits per heavy atom. The third-order valence-corrected chi connectivity index (χ3v) is 4.23. The molecule has 3 nitrogen and oxygen atoms in total. The number of halogens is 2. The van der Waals surface area contributed by atoms with Crippen molar-refractivity contribution in [3.05, 3.63) is 35.4 Å². The van der Waals surface area contributed by atoms with Crippen LogP contribution >= 0.6 is 0 Å². The maximum absolute atomic E-state index is 12.6. The summed E-state index contributed by atoms with van der Waals surface area (Å²) in [5.41, 5.74) is 7.00. The zero-order valence-electron chi connectivity index (χ0n) is 12.1. The van der Waals surface area contributed by atoms with Gasteiger partial charge in [-0.1, -0.05) is 24.3 Å². The van der Waals surface area contributed by atoms with Crippen LogP contribution < -0.4 is 5.73 Å². The Kier molecular flexibility index (Phi) is 5.07. The Morgan fingerprint density at radius 1 is 1.20 bits per heavy atom. The van der Waals surface area contributed by atoms with Crippen molar-refractivity contribution in [1.82, 2.24) is 9.80 Å². The zero-order valence-corrected chi connectivity index (χ0v) is 12.1. The van der Waals surface area contributed by atoms with Gasteiger partial charge in [0.2, 0.25) is 0 Å². The number of hydrogen-bond donors (Lipinski definition) is 1. The van der Waals surface area contributed by atoms with Gasteiger partial charge in [0.05, 0.1) is 0 Å². The molecule has 0 aromatic heterocycles. The highest BCUT2D eigenvalue weighted by atomic mass is 19.3. The summed E-state index contributed by atoms with van der Waals surface area (Å²) in [4.78, 5) is 4.67. The Hall–Kier alpha value is -1.04. The molecule has 0 bridgehead atoms. The van der Waals surface area contributed by atoms with Crippen LogP contribution in [-0.4, -0.2) is 49.1 Å². The van der Waals surface area contributed by atoms with Gasteiger partial charge < -0.3 is 10.6 Å². The van der Waals surface area contributed by atoms with E-state index in [1.165, 1.54) is 12.1 Å².